The highest BCUT2D eigenvalue weighted by Gasteiger charge is 2.19. The zero-order chi connectivity index (χ0) is 12.8. The van der Waals surface area contributed by atoms with Gasteiger partial charge in [0.05, 0.1) is 0 Å². The van der Waals surface area contributed by atoms with Gasteiger partial charge in [0.15, 0.2) is 0 Å². The lowest BCUT2D eigenvalue weighted by atomic mass is 9.86. The van der Waals surface area contributed by atoms with Crippen LogP contribution in [0.1, 0.15) is 32.6 Å². The van der Waals surface area contributed by atoms with Crippen molar-refractivity contribution in [2.24, 2.45) is 5.92 Å². The molecule has 0 spiro atoms. The van der Waals surface area contributed by atoms with Gasteiger partial charge in [-0.05, 0) is 43.0 Å². The Morgan fingerprint density at radius 2 is 1.94 bits per heavy atom. The van der Waals surface area contributed by atoms with Crippen LogP contribution in [0.3, 0.4) is 0 Å². The van der Waals surface area contributed by atoms with Crippen LogP contribution in [0, 0.1) is 5.92 Å². The van der Waals surface area contributed by atoms with Crippen molar-refractivity contribution >= 4 is 15.9 Å². The van der Waals surface area contributed by atoms with Crippen molar-refractivity contribution in [2.75, 3.05) is 13.2 Å². The maximum Gasteiger partial charge on any atom is 0.119 e. The van der Waals surface area contributed by atoms with E-state index in [2.05, 4.69) is 28.2 Å². The second kappa shape index (κ2) is 7.15. The van der Waals surface area contributed by atoms with Crippen LogP contribution in [0.4, 0.5) is 0 Å². The minimum absolute atomic E-state index is 0.687. The maximum atomic E-state index is 5.70. The van der Waals surface area contributed by atoms with Crippen LogP contribution in [-0.2, 0) is 0 Å². The zero-order valence-corrected chi connectivity index (χ0v) is 12.6. The molecule has 2 rings (SSSR count). The third-order valence-corrected chi connectivity index (χ3v) is 4.23. The number of ether oxygens (including phenoxy) is 1. The molecule has 0 saturated heterocycles. The van der Waals surface area contributed by atoms with E-state index in [1.54, 1.807) is 0 Å². The molecule has 2 atom stereocenters. The van der Waals surface area contributed by atoms with Gasteiger partial charge >= 0.3 is 0 Å². The Bertz CT molecular complexity index is 352. The highest BCUT2D eigenvalue weighted by atomic mass is 79.9. The van der Waals surface area contributed by atoms with Crippen LogP contribution in [0.5, 0.6) is 5.75 Å². The summed E-state index contributed by atoms with van der Waals surface area (Å²) in [6.45, 7) is 4.03. The third kappa shape index (κ3) is 4.29. The molecule has 1 aliphatic carbocycles. The summed E-state index contributed by atoms with van der Waals surface area (Å²) in [5.74, 6) is 1.75. The molecule has 1 N–H and O–H groups in total. The first-order chi connectivity index (χ1) is 8.75. The second-order valence-electron chi connectivity index (χ2n) is 5.12. The minimum atomic E-state index is 0.687. The Kier molecular flexibility index (Phi) is 5.51. The van der Waals surface area contributed by atoms with E-state index in [0.717, 1.165) is 29.3 Å². The van der Waals surface area contributed by atoms with Gasteiger partial charge in [-0.2, -0.15) is 0 Å². The Hall–Kier alpha value is -0.540. The summed E-state index contributed by atoms with van der Waals surface area (Å²) in [7, 11) is 0. The molecule has 0 aromatic heterocycles. The summed E-state index contributed by atoms with van der Waals surface area (Å²) in [5, 5.41) is 3.62. The molecular weight excluding hydrogens is 290 g/mol. The van der Waals surface area contributed by atoms with Gasteiger partial charge in [-0.1, -0.05) is 35.7 Å². The van der Waals surface area contributed by atoms with E-state index in [9.17, 15) is 0 Å². The van der Waals surface area contributed by atoms with Crippen LogP contribution < -0.4 is 10.1 Å². The average molecular weight is 312 g/mol. The van der Waals surface area contributed by atoms with Crippen molar-refractivity contribution in [2.45, 2.75) is 38.6 Å². The molecule has 0 heterocycles. The van der Waals surface area contributed by atoms with Crippen molar-refractivity contribution in [1.29, 1.82) is 0 Å². The molecule has 1 saturated carbocycles. The molecule has 0 aliphatic heterocycles. The van der Waals surface area contributed by atoms with Gasteiger partial charge < -0.3 is 10.1 Å². The smallest absolute Gasteiger partial charge is 0.119 e. The number of halogens is 1. The lowest BCUT2D eigenvalue weighted by Crippen LogP contribution is -2.39. The van der Waals surface area contributed by atoms with Crippen LogP contribution in [-0.4, -0.2) is 19.2 Å². The summed E-state index contributed by atoms with van der Waals surface area (Å²) in [5.41, 5.74) is 0. The Labute approximate surface area is 118 Å². The molecule has 1 aromatic carbocycles. The molecule has 0 amide bonds. The molecule has 1 aliphatic rings. The fourth-order valence-corrected chi connectivity index (χ4v) is 2.83. The average Bonchev–Trinajstić information content (AvgIpc) is 2.39. The van der Waals surface area contributed by atoms with Gasteiger partial charge in [-0.3, -0.25) is 0 Å². The highest BCUT2D eigenvalue weighted by Crippen LogP contribution is 2.23. The van der Waals surface area contributed by atoms with Gasteiger partial charge in [0.1, 0.15) is 12.4 Å². The standard InChI is InChI=1S/C15H22BrNO/c1-12-4-2-3-5-15(12)17-10-11-18-14-8-6-13(16)7-9-14/h6-9,12,15,17H,2-5,10-11H2,1H3. The van der Waals surface area contributed by atoms with Crippen LogP contribution in [0.15, 0.2) is 28.7 Å². The molecule has 1 fully saturated rings. The predicted molar refractivity (Wildman–Crippen MR) is 79.1 cm³/mol. The predicted octanol–water partition coefficient (Wildman–Crippen LogP) is 4.00. The number of benzene rings is 1. The first-order valence-corrected chi connectivity index (χ1v) is 7.67. The van der Waals surface area contributed by atoms with Crippen molar-refractivity contribution in [3.63, 3.8) is 0 Å². The molecule has 0 radical (unpaired) electrons. The molecule has 0 bridgehead atoms. The van der Waals surface area contributed by atoms with Gasteiger partial charge in [0.2, 0.25) is 0 Å². The second-order valence-corrected chi connectivity index (χ2v) is 6.04. The molecular formula is C15H22BrNO. The maximum absolute atomic E-state index is 5.70. The van der Waals surface area contributed by atoms with E-state index in [4.69, 9.17) is 4.74 Å². The van der Waals surface area contributed by atoms with Crippen molar-refractivity contribution in [1.82, 2.24) is 5.32 Å². The van der Waals surface area contributed by atoms with E-state index in [-0.39, 0.29) is 0 Å². The first-order valence-electron chi connectivity index (χ1n) is 6.87. The van der Waals surface area contributed by atoms with E-state index >= 15 is 0 Å². The van der Waals surface area contributed by atoms with Crippen LogP contribution in [0.2, 0.25) is 0 Å². The van der Waals surface area contributed by atoms with Crippen molar-refractivity contribution < 1.29 is 4.74 Å². The summed E-state index contributed by atoms with van der Waals surface area (Å²) < 4.78 is 6.79. The van der Waals surface area contributed by atoms with Crippen LogP contribution >= 0.6 is 15.9 Å². The molecule has 100 valence electrons. The summed E-state index contributed by atoms with van der Waals surface area (Å²) in [4.78, 5) is 0. The fourth-order valence-electron chi connectivity index (χ4n) is 2.56. The summed E-state index contributed by atoms with van der Waals surface area (Å²) in [6, 6.07) is 8.69. The molecule has 18 heavy (non-hydrogen) atoms. The Morgan fingerprint density at radius 3 is 2.67 bits per heavy atom. The summed E-state index contributed by atoms with van der Waals surface area (Å²) >= 11 is 3.42. The van der Waals surface area contributed by atoms with E-state index < -0.39 is 0 Å². The monoisotopic (exact) mass is 311 g/mol. The SMILES string of the molecule is CC1CCCCC1NCCOc1ccc(Br)cc1. The van der Waals surface area contributed by atoms with Gasteiger partial charge in [0.25, 0.3) is 0 Å². The zero-order valence-electron chi connectivity index (χ0n) is 11.0. The summed E-state index contributed by atoms with van der Waals surface area (Å²) in [6.07, 6.45) is 5.45. The number of rotatable bonds is 5. The normalized spacial score (nSPS) is 23.9. The fraction of sp³-hybridized carbons (Fsp3) is 0.600. The molecule has 2 nitrogen and oxygen atoms in total. The van der Waals surface area contributed by atoms with E-state index in [0.29, 0.717) is 6.04 Å². The Balaban J connectivity index is 1.65. The Morgan fingerprint density at radius 1 is 1.22 bits per heavy atom. The van der Waals surface area contributed by atoms with Crippen molar-refractivity contribution in [3.8, 4) is 5.75 Å². The quantitative estimate of drug-likeness (QED) is 0.830. The highest BCUT2D eigenvalue weighted by molar-refractivity contribution is 9.10. The number of nitrogens with one attached hydrogen (secondary N) is 1. The van der Waals surface area contributed by atoms with Gasteiger partial charge in [-0.25, -0.2) is 0 Å². The lowest BCUT2D eigenvalue weighted by molar-refractivity contribution is 0.251. The number of hydrogen-bond donors (Lipinski definition) is 1. The largest absolute Gasteiger partial charge is 0.492 e. The van der Waals surface area contributed by atoms with Crippen LogP contribution in [0.25, 0.3) is 0 Å². The first kappa shape index (κ1) is 13.9. The van der Waals surface area contributed by atoms with Gasteiger partial charge in [-0.15, -0.1) is 0 Å². The third-order valence-electron chi connectivity index (χ3n) is 3.70. The molecule has 3 heteroatoms. The molecule has 2 unspecified atom stereocenters. The lowest BCUT2D eigenvalue weighted by Gasteiger charge is -2.29. The van der Waals surface area contributed by atoms with Gasteiger partial charge in [0, 0.05) is 17.1 Å². The minimum Gasteiger partial charge on any atom is -0.492 e. The van der Waals surface area contributed by atoms with E-state index in [1.807, 2.05) is 24.3 Å². The topological polar surface area (TPSA) is 21.3 Å². The van der Waals surface area contributed by atoms with E-state index in [1.165, 1.54) is 25.7 Å². The van der Waals surface area contributed by atoms with Crippen molar-refractivity contribution in [3.05, 3.63) is 28.7 Å². The number of hydrogen-bond acceptors (Lipinski definition) is 2. The molecule has 1 aromatic rings.